The molecule has 0 bridgehead atoms. The first-order valence-electron chi connectivity index (χ1n) is 6.76. The number of benzene rings is 1. The standard InChI is InChI=1S/C15H21N3S/c1-5-6-9-19-15-17-16-13(4)18(15)14-8-7-11(2)12(3)10-14/h7-8,10H,5-6,9H2,1-4H3. The number of nitrogens with zero attached hydrogens (tertiary/aromatic N) is 3. The van der Waals surface area contributed by atoms with E-state index in [4.69, 9.17) is 0 Å². The van der Waals surface area contributed by atoms with Crippen molar-refractivity contribution in [2.24, 2.45) is 0 Å². The van der Waals surface area contributed by atoms with Gasteiger partial charge in [-0.1, -0.05) is 31.2 Å². The van der Waals surface area contributed by atoms with Gasteiger partial charge in [0.1, 0.15) is 5.82 Å². The molecule has 0 saturated carbocycles. The van der Waals surface area contributed by atoms with Crippen LogP contribution in [0.2, 0.25) is 0 Å². The van der Waals surface area contributed by atoms with Crippen LogP contribution in [0.5, 0.6) is 0 Å². The summed E-state index contributed by atoms with van der Waals surface area (Å²) >= 11 is 1.79. The Morgan fingerprint density at radius 1 is 1.11 bits per heavy atom. The van der Waals surface area contributed by atoms with Crippen LogP contribution in [-0.4, -0.2) is 20.5 Å². The van der Waals surface area contributed by atoms with Crippen LogP contribution in [0.25, 0.3) is 5.69 Å². The summed E-state index contributed by atoms with van der Waals surface area (Å²) < 4.78 is 2.15. The van der Waals surface area contributed by atoms with Crippen molar-refractivity contribution < 1.29 is 0 Å². The molecule has 0 saturated heterocycles. The molecular weight excluding hydrogens is 254 g/mol. The summed E-state index contributed by atoms with van der Waals surface area (Å²) in [5.41, 5.74) is 3.77. The van der Waals surface area contributed by atoms with Gasteiger partial charge in [0.05, 0.1) is 0 Å². The van der Waals surface area contributed by atoms with E-state index in [0.29, 0.717) is 0 Å². The van der Waals surface area contributed by atoms with Crippen molar-refractivity contribution in [1.29, 1.82) is 0 Å². The molecule has 0 amide bonds. The zero-order valence-corrected chi connectivity index (χ0v) is 12.9. The van der Waals surface area contributed by atoms with Crippen molar-refractivity contribution in [3.8, 4) is 5.69 Å². The third-order valence-corrected chi connectivity index (χ3v) is 4.29. The molecule has 0 radical (unpaired) electrons. The molecule has 0 aliphatic heterocycles. The largest absolute Gasteiger partial charge is 0.274 e. The van der Waals surface area contributed by atoms with E-state index in [0.717, 1.165) is 22.4 Å². The molecule has 0 atom stereocenters. The zero-order chi connectivity index (χ0) is 13.8. The van der Waals surface area contributed by atoms with Crippen LogP contribution in [0.15, 0.2) is 23.4 Å². The highest BCUT2D eigenvalue weighted by Gasteiger charge is 2.11. The van der Waals surface area contributed by atoms with E-state index in [-0.39, 0.29) is 0 Å². The molecule has 3 nitrogen and oxygen atoms in total. The van der Waals surface area contributed by atoms with Crippen LogP contribution >= 0.6 is 11.8 Å². The van der Waals surface area contributed by atoms with Crippen LogP contribution in [0.4, 0.5) is 0 Å². The Kier molecular flexibility index (Phi) is 4.64. The summed E-state index contributed by atoms with van der Waals surface area (Å²) in [6.07, 6.45) is 2.42. The minimum Gasteiger partial charge on any atom is -0.274 e. The van der Waals surface area contributed by atoms with E-state index in [9.17, 15) is 0 Å². The maximum Gasteiger partial charge on any atom is 0.195 e. The second kappa shape index (κ2) is 6.24. The lowest BCUT2D eigenvalue weighted by atomic mass is 10.1. The van der Waals surface area contributed by atoms with Crippen LogP contribution in [0.1, 0.15) is 36.7 Å². The predicted octanol–water partition coefficient (Wildman–Crippen LogP) is 4.08. The van der Waals surface area contributed by atoms with Gasteiger partial charge in [0.25, 0.3) is 0 Å². The van der Waals surface area contributed by atoms with Crippen molar-refractivity contribution in [3.63, 3.8) is 0 Å². The highest BCUT2D eigenvalue weighted by atomic mass is 32.2. The molecule has 0 spiro atoms. The quantitative estimate of drug-likeness (QED) is 0.608. The summed E-state index contributed by atoms with van der Waals surface area (Å²) in [6.45, 7) is 8.49. The lowest BCUT2D eigenvalue weighted by Gasteiger charge is -2.10. The molecule has 0 aliphatic rings. The summed E-state index contributed by atoms with van der Waals surface area (Å²) in [7, 11) is 0. The summed E-state index contributed by atoms with van der Waals surface area (Å²) in [5.74, 6) is 2.04. The first kappa shape index (κ1) is 14.1. The number of aryl methyl sites for hydroxylation is 3. The minimum atomic E-state index is 0.947. The van der Waals surface area contributed by atoms with Gasteiger partial charge in [0.2, 0.25) is 0 Å². The van der Waals surface area contributed by atoms with Gasteiger partial charge in [-0.2, -0.15) is 0 Å². The molecule has 2 aromatic rings. The highest BCUT2D eigenvalue weighted by molar-refractivity contribution is 7.99. The fourth-order valence-electron chi connectivity index (χ4n) is 1.91. The molecule has 0 fully saturated rings. The lowest BCUT2D eigenvalue weighted by Crippen LogP contribution is -2.00. The Hall–Kier alpha value is -1.29. The highest BCUT2D eigenvalue weighted by Crippen LogP contribution is 2.24. The van der Waals surface area contributed by atoms with Gasteiger partial charge in [-0.05, 0) is 50.5 Å². The van der Waals surface area contributed by atoms with Gasteiger partial charge in [-0.3, -0.25) is 4.57 Å². The van der Waals surface area contributed by atoms with E-state index in [1.165, 1.54) is 24.0 Å². The minimum absolute atomic E-state index is 0.947. The summed E-state index contributed by atoms with van der Waals surface area (Å²) in [6, 6.07) is 6.50. The normalized spacial score (nSPS) is 10.9. The number of thioether (sulfide) groups is 1. The van der Waals surface area contributed by atoms with Crippen LogP contribution in [-0.2, 0) is 0 Å². The molecule has 0 aliphatic carbocycles. The molecular formula is C15H21N3S. The molecule has 0 unspecified atom stereocenters. The van der Waals surface area contributed by atoms with Gasteiger partial charge in [0, 0.05) is 11.4 Å². The molecule has 4 heteroatoms. The first-order chi connectivity index (χ1) is 9.13. The SMILES string of the molecule is CCCCSc1nnc(C)n1-c1ccc(C)c(C)c1. The Labute approximate surface area is 119 Å². The average molecular weight is 275 g/mol. The fraction of sp³-hybridized carbons (Fsp3) is 0.467. The average Bonchev–Trinajstić information content (AvgIpc) is 2.75. The Morgan fingerprint density at radius 3 is 2.58 bits per heavy atom. The zero-order valence-electron chi connectivity index (χ0n) is 12.1. The number of rotatable bonds is 5. The third-order valence-electron chi connectivity index (χ3n) is 3.27. The van der Waals surface area contributed by atoms with E-state index >= 15 is 0 Å². The second-order valence-electron chi connectivity index (χ2n) is 4.84. The fourth-order valence-corrected chi connectivity index (χ4v) is 2.99. The lowest BCUT2D eigenvalue weighted by molar-refractivity contribution is 0.854. The molecule has 102 valence electrons. The molecule has 0 N–H and O–H groups in total. The maximum absolute atomic E-state index is 4.29. The van der Waals surface area contributed by atoms with Crippen LogP contribution in [0, 0.1) is 20.8 Å². The smallest absolute Gasteiger partial charge is 0.195 e. The second-order valence-corrected chi connectivity index (χ2v) is 5.90. The Morgan fingerprint density at radius 2 is 1.89 bits per heavy atom. The van der Waals surface area contributed by atoms with E-state index in [1.54, 1.807) is 11.8 Å². The molecule has 1 heterocycles. The monoisotopic (exact) mass is 275 g/mol. The first-order valence-corrected chi connectivity index (χ1v) is 7.74. The molecule has 2 rings (SSSR count). The Balaban J connectivity index is 2.32. The van der Waals surface area contributed by atoms with E-state index in [1.807, 2.05) is 6.92 Å². The topological polar surface area (TPSA) is 30.7 Å². The number of unbranched alkanes of at least 4 members (excludes halogenated alkanes) is 1. The number of aromatic nitrogens is 3. The van der Waals surface area contributed by atoms with Gasteiger partial charge < -0.3 is 0 Å². The molecule has 19 heavy (non-hydrogen) atoms. The van der Waals surface area contributed by atoms with Crippen molar-refractivity contribution in [3.05, 3.63) is 35.2 Å². The van der Waals surface area contributed by atoms with Gasteiger partial charge in [-0.25, -0.2) is 0 Å². The number of hydrogen-bond acceptors (Lipinski definition) is 3. The molecule has 1 aromatic carbocycles. The maximum atomic E-state index is 4.29. The van der Waals surface area contributed by atoms with Crippen molar-refractivity contribution >= 4 is 11.8 Å². The Bertz CT molecular complexity index is 561. The summed E-state index contributed by atoms with van der Waals surface area (Å²) in [5, 5.41) is 9.50. The number of hydrogen-bond donors (Lipinski definition) is 0. The summed E-state index contributed by atoms with van der Waals surface area (Å²) in [4.78, 5) is 0. The van der Waals surface area contributed by atoms with Gasteiger partial charge in [-0.15, -0.1) is 10.2 Å². The van der Waals surface area contributed by atoms with Gasteiger partial charge in [0.15, 0.2) is 5.16 Å². The van der Waals surface area contributed by atoms with E-state index in [2.05, 4.69) is 53.7 Å². The third kappa shape index (κ3) is 3.18. The van der Waals surface area contributed by atoms with Crippen LogP contribution in [0.3, 0.4) is 0 Å². The van der Waals surface area contributed by atoms with Crippen molar-refractivity contribution in [2.75, 3.05) is 5.75 Å². The van der Waals surface area contributed by atoms with Crippen molar-refractivity contribution in [2.45, 2.75) is 45.7 Å². The van der Waals surface area contributed by atoms with Gasteiger partial charge >= 0.3 is 0 Å². The van der Waals surface area contributed by atoms with Crippen molar-refractivity contribution in [1.82, 2.24) is 14.8 Å². The van der Waals surface area contributed by atoms with E-state index < -0.39 is 0 Å². The predicted molar refractivity (Wildman–Crippen MR) is 81.2 cm³/mol. The van der Waals surface area contributed by atoms with Crippen LogP contribution < -0.4 is 0 Å². The molecule has 1 aromatic heterocycles.